The lowest BCUT2D eigenvalue weighted by Gasteiger charge is -2.45. The lowest BCUT2D eigenvalue weighted by molar-refractivity contribution is -0.143. The molecule has 1 aromatic heterocycles. The number of halogens is 1. The third-order valence-electron chi connectivity index (χ3n) is 6.58. The van der Waals surface area contributed by atoms with Gasteiger partial charge in [-0.25, -0.2) is 4.98 Å². The Morgan fingerprint density at radius 2 is 1.91 bits per heavy atom. The van der Waals surface area contributed by atoms with Gasteiger partial charge >= 0.3 is 0 Å². The van der Waals surface area contributed by atoms with Crippen LogP contribution >= 0.6 is 12.4 Å². The first-order valence-electron chi connectivity index (χ1n) is 11.2. The molecule has 10 heteroatoms. The van der Waals surface area contributed by atoms with Crippen LogP contribution in [-0.4, -0.2) is 66.8 Å². The third kappa shape index (κ3) is 4.15. The molecular formula is C23H30ClN5O4. The van der Waals surface area contributed by atoms with Crippen LogP contribution in [0.15, 0.2) is 23.9 Å². The van der Waals surface area contributed by atoms with Crippen molar-refractivity contribution in [2.24, 2.45) is 0 Å². The van der Waals surface area contributed by atoms with E-state index in [9.17, 15) is 4.79 Å². The van der Waals surface area contributed by atoms with E-state index in [0.29, 0.717) is 53.9 Å². The Labute approximate surface area is 199 Å². The lowest BCUT2D eigenvalue weighted by Crippen LogP contribution is -2.57. The van der Waals surface area contributed by atoms with E-state index in [1.165, 1.54) is 0 Å². The third-order valence-corrected chi connectivity index (χ3v) is 6.58. The fourth-order valence-corrected chi connectivity index (χ4v) is 4.97. The lowest BCUT2D eigenvalue weighted by atomic mass is 9.94. The van der Waals surface area contributed by atoms with Crippen molar-refractivity contribution in [2.75, 3.05) is 44.5 Å². The number of aromatic nitrogens is 2. The fourth-order valence-electron chi connectivity index (χ4n) is 4.97. The van der Waals surface area contributed by atoms with Gasteiger partial charge in [0.25, 0.3) is 5.91 Å². The Bertz CT molecular complexity index is 1070. The number of carbonyl (C=O) groups is 1. The molecular weight excluding hydrogens is 446 g/mol. The van der Waals surface area contributed by atoms with Gasteiger partial charge in [0.2, 0.25) is 5.95 Å². The van der Waals surface area contributed by atoms with E-state index < -0.39 is 0 Å². The minimum atomic E-state index is -0.306. The van der Waals surface area contributed by atoms with E-state index in [4.69, 9.17) is 24.9 Å². The normalized spacial score (nSPS) is 22.4. The number of ether oxygens (including phenoxy) is 3. The first-order valence-corrected chi connectivity index (χ1v) is 11.2. The molecule has 0 bridgehead atoms. The number of carbonyl (C=O) groups excluding carboxylic acids is 1. The number of nitrogens with zero attached hydrogens (tertiary/aromatic N) is 4. The number of benzene rings is 1. The highest BCUT2D eigenvalue weighted by Crippen LogP contribution is 2.37. The number of fused-ring (bicyclic) bond motifs is 2. The van der Waals surface area contributed by atoms with E-state index in [2.05, 4.69) is 16.0 Å². The Morgan fingerprint density at radius 3 is 2.64 bits per heavy atom. The minimum Gasteiger partial charge on any atom is -0.493 e. The van der Waals surface area contributed by atoms with Crippen molar-refractivity contribution in [3.63, 3.8) is 0 Å². The topological polar surface area (TPSA) is 103 Å². The van der Waals surface area contributed by atoms with Crippen molar-refractivity contribution in [2.45, 2.75) is 44.2 Å². The van der Waals surface area contributed by atoms with Gasteiger partial charge < -0.3 is 29.7 Å². The minimum absolute atomic E-state index is 0. The quantitative estimate of drug-likeness (QED) is 0.720. The second-order valence-electron chi connectivity index (χ2n) is 8.39. The van der Waals surface area contributed by atoms with Gasteiger partial charge in [-0.15, -0.1) is 12.4 Å². The van der Waals surface area contributed by atoms with Crippen LogP contribution in [-0.2, 0) is 9.53 Å². The first kappa shape index (κ1) is 23.4. The molecule has 5 rings (SSSR count). The summed E-state index contributed by atoms with van der Waals surface area (Å²) in [5.74, 6) is 2.21. The Balaban J connectivity index is 0.00000259. The summed E-state index contributed by atoms with van der Waals surface area (Å²) in [6.07, 6.45) is 6.60. The number of anilines is 2. The van der Waals surface area contributed by atoms with Gasteiger partial charge in [0.05, 0.1) is 25.8 Å². The van der Waals surface area contributed by atoms with Crippen LogP contribution in [0.1, 0.15) is 32.1 Å². The van der Waals surface area contributed by atoms with E-state index in [1.54, 1.807) is 20.3 Å². The van der Waals surface area contributed by atoms with E-state index in [-0.39, 0.29) is 30.5 Å². The Hall–Kier alpha value is -2.78. The van der Waals surface area contributed by atoms with Crippen molar-refractivity contribution < 1.29 is 19.0 Å². The second-order valence-corrected chi connectivity index (χ2v) is 8.39. The van der Waals surface area contributed by atoms with Crippen LogP contribution in [0.25, 0.3) is 10.9 Å². The van der Waals surface area contributed by atoms with Crippen molar-refractivity contribution in [3.8, 4) is 11.5 Å². The van der Waals surface area contributed by atoms with Crippen LogP contribution in [0, 0.1) is 0 Å². The van der Waals surface area contributed by atoms with E-state index >= 15 is 0 Å². The molecule has 2 N–H and O–H groups in total. The first-order chi connectivity index (χ1) is 15.6. The molecule has 178 valence electrons. The number of methoxy groups -OCH3 is 2. The van der Waals surface area contributed by atoms with Crippen LogP contribution in [0.3, 0.4) is 0 Å². The Morgan fingerprint density at radius 1 is 1.12 bits per heavy atom. The summed E-state index contributed by atoms with van der Waals surface area (Å²) >= 11 is 0. The molecule has 33 heavy (non-hydrogen) atoms. The number of hydrogen-bond donors (Lipinski definition) is 1. The molecule has 0 spiro atoms. The molecule has 2 unspecified atom stereocenters. The van der Waals surface area contributed by atoms with Gasteiger partial charge in [0.1, 0.15) is 11.9 Å². The number of piperazine rings is 1. The number of allylic oxidation sites excluding steroid dienone is 1. The maximum absolute atomic E-state index is 13.1. The highest BCUT2D eigenvalue weighted by molar-refractivity contribution is 5.92. The smallest absolute Gasteiger partial charge is 0.252 e. The van der Waals surface area contributed by atoms with Crippen molar-refractivity contribution >= 4 is 41.0 Å². The number of rotatable bonds is 4. The highest BCUT2D eigenvalue weighted by atomic mass is 35.5. The molecule has 2 aliphatic heterocycles. The van der Waals surface area contributed by atoms with Gasteiger partial charge in [-0.1, -0.05) is 6.08 Å². The average molecular weight is 476 g/mol. The molecule has 2 atom stereocenters. The van der Waals surface area contributed by atoms with Gasteiger partial charge in [-0.2, -0.15) is 4.98 Å². The molecule has 3 heterocycles. The van der Waals surface area contributed by atoms with Gasteiger partial charge in [0, 0.05) is 36.8 Å². The monoisotopic (exact) mass is 475 g/mol. The molecule has 2 aromatic rings. The van der Waals surface area contributed by atoms with Crippen molar-refractivity contribution in [1.29, 1.82) is 0 Å². The second kappa shape index (κ2) is 9.61. The molecule has 3 aliphatic rings. The summed E-state index contributed by atoms with van der Waals surface area (Å²) in [5.41, 5.74) is 8.10. The average Bonchev–Trinajstić information content (AvgIpc) is 3.37. The maximum atomic E-state index is 13.1. The zero-order valence-corrected chi connectivity index (χ0v) is 19.8. The standard InChI is InChI=1S/C23H29N5O4.ClH/c1-30-19-12-14-15(13-20(19)31-2)25-23(26-21(14)24)28-10-9-27(16-6-3-4-7-17(16)28)22(29)18-8-5-11-32-18;/h7,12-13,16,18H,3-6,8-11H2,1-2H3,(H2,24,25,26);1H. The predicted octanol–water partition coefficient (Wildman–Crippen LogP) is 2.92. The van der Waals surface area contributed by atoms with Crippen LogP contribution in [0.2, 0.25) is 0 Å². The fraction of sp³-hybridized carbons (Fsp3) is 0.522. The zero-order chi connectivity index (χ0) is 22.2. The summed E-state index contributed by atoms with van der Waals surface area (Å²) in [6, 6.07) is 3.63. The molecule has 1 aromatic carbocycles. The predicted molar refractivity (Wildman–Crippen MR) is 128 cm³/mol. The summed E-state index contributed by atoms with van der Waals surface area (Å²) in [5, 5.41) is 0.716. The molecule has 1 aliphatic carbocycles. The van der Waals surface area contributed by atoms with Gasteiger partial charge in [-0.05, 0) is 38.2 Å². The molecule has 9 nitrogen and oxygen atoms in total. The molecule has 0 radical (unpaired) electrons. The summed E-state index contributed by atoms with van der Waals surface area (Å²) < 4.78 is 16.5. The maximum Gasteiger partial charge on any atom is 0.252 e. The number of hydrogen-bond acceptors (Lipinski definition) is 8. The van der Waals surface area contributed by atoms with Crippen LogP contribution in [0.5, 0.6) is 11.5 Å². The van der Waals surface area contributed by atoms with Gasteiger partial charge in [0.15, 0.2) is 11.5 Å². The largest absolute Gasteiger partial charge is 0.493 e. The number of nitrogens with two attached hydrogens (primary N) is 1. The van der Waals surface area contributed by atoms with Crippen LogP contribution < -0.4 is 20.1 Å². The highest BCUT2D eigenvalue weighted by Gasteiger charge is 2.40. The molecule has 2 saturated heterocycles. The summed E-state index contributed by atoms with van der Waals surface area (Å²) in [4.78, 5) is 26.7. The zero-order valence-electron chi connectivity index (χ0n) is 19.0. The number of nitrogen functional groups attached to an aromatic ring is 1. The van der Waals surface area contributed by atoms with E-state index in [0.717, 1.165) is 37.8 Å². The Kier molecular flexibility index (Phi) is 6.81. The van der Waals surface area contributed by atoms with Crippen LogP contribution in [0.4, 0.5) is 11.8 Å². The van der Waals surface area contributed by atoms with E-state index in [1.807, 2.05) is 11.0 Å². The molecule has 1 amide bonds. The molecule has 0 saturated carbocycles. The van der Waals surface area contributed by atoms with Crippen molar-refractivity contribution in [3.05, 3.63) is 23.9 Å². The molecule has 2 fully saturated rings. The summed E-state index contributed by atoms with van der Waals surface area (Å²) in [6.45, 7) is 1.88. The number of amides is 1. The van der Waals surface area contributed by atoms with Crippen molar-refractivity contribution in [1.82, 2.24) is 14.9 Å². The summed E-state index contributed by atoms with van der Waals surface area (Å²) in [7, 11) is 3.18. The SMILES string of the molecule is COc1cc2nc(N3CCN(C(=O)C4CCCO4)C4CCCC=C43)nc(N)c2cc1OC.Cl. The van der Waals surface area contributed by atoms with Gasteiger partial charge in [-0.3, -0.25) is 4.79 Å².